The molecule has 0 aromatic heterocycles. The minimum atomic E-state index is 0.962. The molecule has 0 aromatic rings. The molecule has 1 saturated heterocycles. The van der Waals surface area contributed by atoms with Crippen molar-refractivity contribution >= 4 is 46.8 Å². The van der Waals surface area contributed by atoms with E-state index in [1.807, 2.05) is 21.6 Å². The van der Waals surface area contributed by atoms with Crippen LogP contribution in [0.2, 0.25) is 0 Å². The molecule has 1 aliphatic heterocycles. The van der Waals surface area contributed by atoms with Gasteiger partial charge in [0.05, 0.1) is 0 Å². The van der Waals surface area contributed by atoms with Gasteiger partial charge in [-0.2, -0.15) is 25.3 Å². The average molecular weight is 214 g/mol. The quantitative estimate of drug-likeness (QED) is 0.536. The van der Waals surface area contributed by atoms with E-state index in [2.05, 4.69) is 25.3 Å². The van der Waals surface area contributed by atoms with Crippen LogP contribution in [0.3, 0.4) is 0 Å². The van der Waals surface area contributed by atoms with Crippen molar-refractivity contribution in [1.29, 1.82) is 0 Å². The molecule has 0 N–H and O–H groups in total. The molecular weight excluding hydrogens is 200 g/mol. The van der Waals surface area contributed by atoms with Crippen molar-refractivity contribution in [2.75, 3.05) is 23.0 Å². The summed E-state index contributed by atoms with van der Waals surface area (Å²) in [5.74, 6) is 4.68. The predicted octanol–water partition coefficient (Wildman–Crippen LogP) is 3.01. The Labute approximate surface area is 82.5 Å². The molecule has 0 spiro atoms. The van der Waals surface area contributed by atoms with Crippen LogP contribution in [0.1, 0.15) is 12.8 Å². The number of hydrogen-bond donors (Lipinski definition) is 2. The Morgan fingerprint density at radius 2 is 1.50 bits per heavy atom. The highest BCUT2D eigenvalue weighted by atomic mass is 33.1. The molecule has 10 heavy (non-hydrogen) atoms. The van der Waals surface area contributed by atoms with Gasteiger partial charge in [0, 0.05) is 11.5 Å². The van der Waals surface area contributed by atoms with E-state index in [0.29, 0.717) is 0 Å². The van der Waals surface area contributed by atoms with E-state index >= 15 is 0 Å². The smallest absolute Gasteiger partial charge is 0.00450 e. The zero-order valence-corrected chi connectivity index (χ0v) is 9.38. The summed E-state index contributed by atoms with van der Waals surface area (Å²) in [4.78, 5) is 0. The number of thiol groups is 2. The van der Waals surface area contributed by atoms with Crippen molar-refractivity contribution in [3.63, 3.8) is 0 Å². The first-order valence-electron chi connectivity index (χ1n) is 3.38. The lowest BCUT2D eigenvalue weighted by Gasteiger charge is -1.78. The molecule has 0 aromatic carbocycles. The average Bonchev–Trinajstić information content (AvgIpc) is 2.44. The van der Waals surface area contributed by atoms with Gasteiger partial charge in [0.15, 0.2) is 0 Å². The van der Waals surface area contributed by atoms with Crippen LogP contribution in [-0.2, 0) is 0 Å². The molecule has 1 heterocycles. The maximum absolute atomic E-state index is 3.95. The van der Waals surface area contributed by atoms with Gasteiger partial charge in [-0.15, -0.1) is 0 Å². The lowest BCUT2D eigenvalue weighted by Crippen LogP contribution is -1.71. The third-order valence-corrected chi connectivity index (χ3v) is 4.06. The van der Waals surface area contributed by atoms with Gasteiger partial charge in [-0.3, -0.25) is 0 Å². The molecular formula is C6H14S4. The van der Waals surface area contributed by atoms with Crippen molar-refractivity contribution < 1.29 is 0 Å². The van der Waals surface area contributed by atoms with Crippen molar-refractivity contribution in [3.05, 3.63) is 0 Å². The molecule has 0 bridgehead atoms. The van der Waals surface area contributed by atoms with Gasteiger partial charge in [-0.1, -0.05) is 21.6 Å². The molecule has 4 heteroatoms. The van der Waals surface area contributed by atoms with E-state index in [1.165, 1.54) is 17.9 Å². The molecule has 0 unspecified atom stereocenters. The van der Waals surface area contributed by atoms with E-state index in [-0.39, 0.29) is 0 Å². The Morgan fingerprint density at radius 3 is 1.60 bits per heavy atom. The standard InChI is InChI=1S/C3H6S2.C3H8S2/c1-2-4-5-3-1;4-2-1-3-5/h1-3H2;4-5H,1-3H2. The van der Waals surface area contributed by atoms with E-state index < -0.39 is 0 Å². The van der Waals surface area contributed by atoms with Gasteiger partial charge in [-0.25, -0.2) is 0 Å². The number of hydrogen-bond acceptors (Lipinski definition) is 4. The molecule has 0 saturated carbocycles. The maximum atomic E-state index is 3.95. The Morgan fingerprint density at radius 1 is 1.00 bits per heavy atom. The zero-order valence-electron chi connectivity index (χ0n) is 5.95. The van der Waals surface area contributed by atoms with Crippen molar-refractivity contribution in [2.45, 2.75) is 12.8 Å². The molecule has 0 atom stereocenters. The fourth-order valence-corrected chi connectivity index (χ4v) is 3.29. The molecule has 62 valence electrons. The van der Waals surface area contributed by atoms with E-state index in [1.54, 1.807) is 0 Å². The van der Waals surface area contributed by atoms with E-state index in [0.717, 1.165) is 17.9 Å². The summed E-state index contributed by atoms with van der Waals surface area (Å²) in [6, 6.07) is 0. The van der Waals surface area contributed by atoms with Crippen molar-refractivity contribution in [1.82, 2.24) is 0 Å². The van der Waals surface area contributed by atoms with Gasteiger partial charge >= 0.3 is 0 Å². The van der Waals surface area contributed by atoms with Gasteiger partial charge in [-0.05, 0) is 24.3 Å². The van der Waals surface area contributed by atoms with E-state index in [9.17, 15) is 0 Å². The summed E-state index contributed by atoms with van der Waals surface area (Å²) in [5.41, 5.74) is 0. The van der Waals surface area contributed by atoms with Crippen LogP contribution in [-0.4, -0.2) is 23.0 Å². The second kappa shape index (κ2) is 10.4. The predicted molar refractivity (Wildman–Crippen MR) is 61.9 cm³/mol. The second-order valence-corrected chi connectivity index (χ2v) is 5.39. The first-order valence-corrected chi connectivity index (χ1v) is 7.13. The van der Waals surface area contributed by atoms with Crippen LogP contribution in [0.15, 0.2) is 0 Å². The van der Waals surface area contributed by atoms with Crippen LogP contribution in [0.25, 0.3) is 0 Å². The van der Waals surface area contributed by atoms with Gasteiger partial charge < -0.3 is 0 Å². The monoisotopic (exact) mass is 214 g/mol. The fourth-order valence-electron chi connectivity index (χ4n) is 0.365. The van der Waals surface area contributed by atoms with Crippen molar-refractivity contribution in [2.24, 2.45) is 0 Å². The van der Waals surface area contributed by atoms with E-state index in [4.69, 9.17) is 0 Å². The molecule has 0 aliphatic carbocycles. The van der Waals surface area contributed by atoms with Crippen LogP contribution in [0.5, 0.6) is 0 Å². The molecule has 0 nitrogen and oxygen atoms in total. The van der Waals surface area contributed by atoms with Crippen LogP contribution < -0.4 is 0 Å². The normalized spacial score (nSPS) is 16.2. The SMILES string of the molecule is C1CSSC1.SCCCS. The van der Waals surface area contributed by atoms with Crippen LogP contribution in [0, 0.1) is 0 Å². The number of rotatable bonds is 2. The Balaban J connectivity index is 0.000000162. The molecule has 1 rings (SSSR count). The first kappa shape index (κ1) is 11.4. The minimum absolute atomic E-state index is 0.962. The minimum Gasteiger partial charge on any atom is -0.179 e. The second-order valence-electron chi connectivity index (χ2n) is 1.80. The molecule has 0 amide bonds. The maximum Gasteiger partial charge on any atom is 0.00450 e. The summed E-state index contributed by atoms with van der Waals surface area (Å²) in [7, 11) is 3.98. The van der Waals surface area contributed by atoms with Crippen LogP contribution >= 0.6 is 46.8 Å². The fraction of sp³-hybridized carbons (Fsp3) is 1.00. The van der Waals surface area contributed by atoms with Crippen molar-refractivity contribution in [3.8, 4) is 0 Å². The molecule has 1 aliphatic rings. The summed E-state index contributed by atoms with van der Waals surface area (Å²) >= 11 is 7.90. The van der Waals surface area contributed by atoms with Gasteiger partial charge in [0.25, 0.3) is 0 Å². The highest BCUT2D eigenvalue weighted by Gasteiger charge is 1.96. The lowest BCUT2D eigenvalue weighted by atomic mass is 10.6. The lowest BCUT2D eigenvalue weighted by molar-refractivity contribution is 1.14. The summed E-state index contributed by atoms with van der Waals surface area (Å²) in [6.45, 7) is 0. The third kappa shape index (κ3) is 9.40. The Bertz CT molecular complexity index is 44.1. The summed E-state index contributed by atoms with van der Waals surface area (Å²) in [5, 5.41) is 0. The highest BCUT2D eigenvalue weighted by Crippen LogP contribution is 2.29. The first-order chi connectivity index (χ1) is 4.91. The topological polar surface area (TPSA) is 0 Å². The molecule has 1 fully saturated rings. The van der Waals surface area contributed by atoms with Gasteiger partial charge in [0.1, 0.15) is 0 Å². The zero-order chi connectivity index (χ0) is 7.66. The summed E-state index contributed by atoms with van der Waals surface area (Å²) < 4.78 is 0. The third-order valence-electron chi connectivity index (χ3n) is 0.855. The summed E-state index contributed by atoms with van der Waals surface area (Å²) in [6.07, 6.45) is 2.54. The largest absolute Gasteiger partial charge is 0.179 e. The highest BCUT2D eigenvalue weighted by molar-refractivity contribution is 8.77. The molecule has 0 radical (unpaired) electrons. The van der Waals surface area contributed by atoms with Gasteiger partial charge in [0.2, 0.25) is 0 Å². The Hall–Kier alpha value is 1.40. The Kier molecular flexibility index (Phi) is 11.9. The van der Waals surface area contributed by atoms with Crippen LogP contribution in [0.4, 0.5) is 0 Å².